The van der Waals surface area contributed by atoms with Gasteiger partial charge in [-0.2, -0.15) is 0 Å². The summed E-state index contributed by atoms with van der Waals surface area (Å²) < 4.78 is 5.71. The molecule has 1 N–H and O–H groups in total. The van der Waals surface area contributed by atoms with Crippen LogP contribution in [0.3, 0.4) is 0 Å². The molecule has 2 aromatic carbocycles. The molecule has 1 aromatic heterocycles. The SMILES string of the molecule is CC(C)Oc1ccc(-c2cnc(-c3ccc(CN4CCC[C@H]4C(=O)O)cc3)s2)cc1. The van der Waals surface area contributed by atoms with E-state index in [2.05, 4.69) is 41.4 Å². The minimum absolute atomic E-state index is 0.161. The van der Waals surface area contributed by atoms with Gasteiger partial charge < -0.3 is 9.84 Å². The molecule has 156 valence electrons. The van der Waals surface area contributed by atoms with Gasteiger partial charge in [-0.1, -0.05) is 24.3 Å². The first-order valence-electron chi connectivity index (χ1n) is 10.3. The van der Waals surface area contributed by atoms with E-state index in [0.717, 1.165) is 51.7 Å². The highest BCUT2D eigenvalue weighted by Gasteiger charge is 2.30. The molecule has 30 heavy (non-hydrogen) atoms. The van der Waals surface area contributed by atoms with Gasteiger partial charge in [-0.25, -0.2) is 4.98 Å². The molecule has 0 saturated carbocycles. The number of carboxylic acids is 1. The van der Waals surface area contributed by atoms with Crippen molar-refractivity contribution in [3.63, 3.8) is 0 Å². The Morgan fingerprint density at radius 1 is 1.17 bits per heavy atom. The zero-order valence-corrected chi connectivity index (χ0v) is 18.1. The second-order valence-electron chi connectivity index (χ2n) is 7.88. The number of benzene rings is 2. The quantitative estimate of drug-likeness (QED) is 0.559. The first kappa shape index (κ1) is 20.6. The van der Waals surface area contributed by atoms with Crippen LogP contribution in [0.25, 0.3) is 21.0 Å². The van der Waals surface area contributed by atoms with E-state index in [1.165, 1.54) is 0 Å². The molecule has 1 fully saturated rings. The van der Waals surface area contributed by atoms with Gasteiger partial charge in [0.1, 0.15) is 16.8 Å². The standard InChI is InChI=1S/C24H26N2O3S/c1-16(2)29-20-11-9-18(10-12-20)22-14-25-23(30-22)19-7-5-17(6-8-19)15-26-13-3-4-21(26)24(27)28/h5-12,14,16,21H,3-4,13,15H2,1-2H3,(H,27,28)/t21-/m0/s1. The maximum atomic E-state index is 11.4. The molecule has 0 unspecified atom stereocenters. The number of rotatable bonds is 7. The van der Waals surface area contributed by atoms with Crippen molar-refractivity contribution in [1.82, 2.24) is 9.88 Å². The summed E-state index contributed by atoms with van der Waals surface area (Å²) in [4.78, 5) is 19.1. The molecule has 0 spiro atoms. The molecule has 4 rings (SSSR count). The lowest BCUT2D eigenvalue weighted by Crippen LogP contribution is -2.35. The van der Waals surface area contributed by atoms with Crippen LogP contribution in [0.4, 0.5) is 0 Å². The molecule has 0 aliphatic carbocycles. The molecular weight excluding hydrogens is 396 g/mol. The number of aliphatic carboxylic acids is 1. The molecule has 0 bridgehead atoms. The summed E-state index contributed by atoms with van der Waals surface area (Å²) in [7, 11) is 0. The number of carbonyl (C=O) groups is 1. The molecule has 0 radical (unpaired) electrons. The van der Waals surface area contributed by atoms with Gasteiger partial charge in [0.15, 0.2) is 0 Å². The van der Waals surface area contributed by atoms with Crippen LogP contribution in [0.1, 0.15) is 32.3 Å². The first-order chi connectivity index (χ1) is 14.5. The van der Waals surface area contributed by atoms with Crippen LogP contribution in [0, 0.1) is 0 Å². The van der Waals surface area contributed by atoms with Gasteiger partial charge in [0, 0.05) is 18.3 Å². The number of ether oxygens (including phenoxy) is 1. The predicted octanol–water partition coefficient (Wildman–Crippen LogP) is 5.31. The molecule has 3 aromatic rings. The summed E-state index contributed by atoms with van der Waals surface area (Å²) in [5.41, 5.74) is 3.33. The molecule has 0 amide bonds. The summed E-state index contributed by atoms with van der Waals surface area (Å²) in [5, 5.41) is 10.3. The number of likely N-dealkylation sites (tertiary alicyclic amines) is 1. The van der Waals surface area contributed by atoms with Gasteiger partial charge in [-0.3, -0.25) is 9.69 Å². The van der Waals surface area contributed by atoms with Crippen molar-refractivity contribution in [3.05, 3.63) is 60.3 Å². The summed E-state index contributed by atoms with van der Waals surface area (Å²) in [6.07, 6.45) is 3.75. The van der Waals surface area contributed by atoms with E-state index in [0.29, 0.717) is 6.54 Å². The topological polar surface area (TPSA) is 62.7 Å². The Morgan fingerprint density at radius 2 is 1.87 bits per heavy atom. The van der Waals surface area contributed by atoms with Crippen LogP contribution >= 0.6 is 11.3 Å². The molecule has 2 heterocycles. The van der Waals surface area contributed by atoms with Gasteiger partial charge in [0.2, 0.25) is 0 Å². The van der Waals surface area contributed by atoms with Crippen molar-refractivity contribution in [2.75, 3.05) is 6.54 Å². The largest absolute Gasteiger partial charge is 0.491 e. The van der Waals surface area contributed by atoms with Crippen molar-refractivity contribution in [1.29, 1.82) is 0 Å². The number of aromatic nitrogens is 1. The van der Waals surface area contributed by atoms with E-state index in [1.54, 1.807) is 11.3 Å². The highest BCUT2D eigenvalue weighted by molar-refractivity contribution is 7.18. The van der Waals surface area contributed by atoms with E-state index < -0.39 is 5.97 Å². The van der Waals surface area contributed by atoms with Crippen molar-refractivity contribution in [2.45, 2.75) is 45.4 Å². The second kappa shape index (κ2) is 8.98. The van der Waals surface area contributed by atoms with Crippen LogP contribution in [-0.4, -0.2) is 39.7 Å². The van der Waals surface area contributed by atoms with Gasteiger partial charge in [-0.05, 0) is 68.6 Å². The van der Waals surface area contributed by atoms with Crippen LogP contribution in [0.5, 0.6) is 5.75 Å². The molecule has 5 nitrogen and oxygen atoms in total. The lowest BCUT2D eigenvalue weighted by molar-refractivity contribution is -0.142. The average molecular weight is 423 g/mol. The van der Waals surface area contributed by atoms with E-state index in [9.17, 15) is 9.90 Å². The Bertz CT molecular complexity index is 996. The molecule has 1 aliphatic rings. The zero-order valence-electron chi connectivity index (χ0n) is 17.2. The van der Waals surface area contributed by atoms with Crippen LogP contribution in [0.2, 0.25) is 0 Å². The monoisotopic (exact) mass is 422 g/mol. The third kappa shape index (κ3) is 4.71. The third-order valence-corrected chi connectivity index (χ3v) is 6.35. The van der Waals surface area contributed by atoms with Crippen LogP contribution in [-0.2, 0) is 11.3 Å². The Hall–Kier alpha value is -2.70. The fourth-order valence-electron chi connectivity index (χ4n) is 3.79. The first-order valence-corrected chi connectivity index (χ1v) is 11.1. The minimum Gasteiger partial charge on any atom is -0.491 e. The van der Waals surface area contributed by atoms with E-state index in [-0.39, 0.29) is 12.1 Å². The predicted molar refractivity (Wildman–Crippen MR) is 120 cm³/mol. The van der Waals surface area contributed by atoms with E-state index in [1.807, 2.05) is 37.1 Å². The highest BCUT2D eigenvalue weighted by Crippen LogP contribution is 2.33. The van der Waals surface area contributed by atoms with Crippen LogP contribution in [0.15, 0.2) is 54.7 Å². The van der Waals surface area contributed by atoms with Gasteiger partial charge in [0.25, 0.3) is 0 Å². The molecular formula is C24H26N2O3S. The van der Waals surface area contributed by atoms with E-state index in [4.69, 9.17) is 4.74 Å². The number of nitrogens with zero attached hydrogens (tertiary/aromatic N) is 2. The molecule has 1 aliphatic heterocycles. The second-order valence-corrected chi connectivity index (χ2v) is 8.91. The van der Waals surface area contributed by atoms with Crippen LogP contribution < -0.4 is 4.74 Å². The highest BCUT2D eigenvalue weighted by atomic mass is 32.1. The van der Waals surface area contributed by atoms with Crippen molar-refractivity contribution < 1.29 is 14.6 Å². The van der Waals surface area contributed by atoms with Gasteiger partial charge in [0.05, 0.1) is 11.0 Å². The van der Waals surface area contributed by atoms with Crippen molar-refractivity contribution >= 4 is 17.3 Å². The van der Waals surface area contributed by atoms with Gasteiger partial charge >= 0.3 is 5.97 Å². The van der Waals surface area contributed by atoms with Crippen molar-refractivity contribution in [3.8, 4) is 26.8 Å². The number of hydrogen-bond acceptors (Lipinski definition) is 5. The summed E-state index contributed by atoms with van der Waals surface area (Å²) >= 11 is 1.66. The third-order valence-electron chi connectivity index (χ3n) is 5.25. The molecule has 6 heteroatoms. The average Bonchev–Trinajstić information content (AvgIpc) is 3.39. The Kier molecular flexibility index (Phi) is 6.16. The number of carboxylic acid groups (broad SMARTS) is 1. The summed E-state index contributed by atoms with van der Waals surface area (Å²) in [6, 6.07) is 16.0. The Labute approximate surface area is 181 Å². The molecule has 1 saturated heterocycles. The Balaban J connectivity index is 1.44. The fraction of sp³-hybridized carbons (Fsp3) is 0.333. The maximum absolute atomic E-state index is 11.4. The smallest absolute Gasteiger partial charge is 0.320 e. The van der Waals surface area contributed by atoms with Crippen molar-refractivity contribution in [2.24, 2.45) is 0 Å². The number of thiazole rings is 1. The summed E-state index contributed by atoms with van der Waals surface area (Å²) in [6.45, 7) is 5.55. The fourth-order valence-corrected chi connectivity index (χ4v) is 4.72. The maximum Gasteiger partial charge on any atom is 0.320 e. The number of hydrogen-bond donors (Lipinski definition) is 1. The Morgan fingerprint density at radius 3 is 2.53 bits per heavy atom. The lowest BCUT2D eigenvalue weighted by atomic mass is 10.1. The van der Waals surface area contributed by atoms with E-state index >= 15 is 0 Å². The van der Waals surface area contributed by atoms with Gasteiger partial charge in [-0.15, -0.1) is 11.3 Å². The lowest BCUT2D eigenvalue weighted by Gasteiger charge is -2.21. The molecule has 1 atom stereocenters. The zero-order chi connectivity index (χ0) is 21.1. The normalized spacial score (nSPS) is 16.8. The minimum atomic E-state index is -0.719. The summed E-state index contributed by atoms with van der Waals surface area (Å²) in [5.74, 6) is 0.153.